The summed E-state index contributed by atoms with van der Waals surface area (Å²) < 4.78 is 0. The van der Waals surface area contributed by atoms with Gasteiger partial charge in [0.15, 0.2) is 0 Å². The molecule has 2 atom stereocenters. The van der Waals surface area contributed by atoms with Crippen molar-refractivity contribution in [2.45, 2.75) is 112 Å². The molecule has 0 aliphatic heterocycles. The number of aromatic hydroxyl groups is 1. The van der Waals surface area contributed by atoms with Crippen LogP contribution >= 0.6 is 18.6 Å². The molecular weight excluding hydrogens is 591 g/mol. The number of fused-ring (bicyclic) bond motifs is 2. The predicted molar refractivity (Wildman–Crippen MR) is 181 cm³/mol. The fraction of sp³-hybridized carbons (Fsp3) is 0.553. The molecule has 0 spiro atoms. The van der Waals surface area contributed by atoms with Crippen molar-refractivity contribution in [3.63, 3.8) is 0 Å². The van der Waals surface area contributed by atoms with Crippen LogP contribution in [0.15, 0.2) is 59.7 Å². The Hall–Kier alpha value is -0.986. The van der Waals surface area contributed by atoms with E-state index in [9.17, 15) is 5.11 Å². The Morgan fingerprint density at radius 1 is 0.762 bits per heavy atom. The van der Waals surface area contributed by atoms with Crippen molar-refractivity contribution in [1.82, 2.24) is 0 Å². The standard InChI is InChI=1S/C37H50O.CH3.2ClH.Ti/c1-34(2,3)26-21-29(33(38)32(22-26)35(4,5)6)28-14-12-11-13-27(28)25-17-23-19-30-31(20-24(23)18-25)37(9,10)16-15-36(30,7)8;;;;/h11-14,19-25,38H,15-18H2,1-10H3;1H3;2*1H;/q;-1;;;+2/p-2. The van der Waals surface area contributed by atoms with Crippen molar-refractivity contribution in [2.75, 3.05) is 0 Å². The molecule has 42 heavy (non-hydrogen) atoms. The average Bonchev–Trinajstić information content (AvgIpc) is 3.29. The van der Waals surface area contributed by atoms with Crippen LogP contribution in [0.3, 0.4) is 0 Å². The number of hydrogen-bond donors (Lipinski definition) is 1. The van der Waals surface area contributed by atoms with Crippen LogP contribution in [-0.4, -0.2) is 5.11 Å². The fourth-order valence-electron chi connectivity index (χ4n) is 7.37. The molecule has 2 aromatic rings. The van der Waals surface area contributed by atoms with E-state index in [2.05, 4.69) is 118 Å². The topological polar surface area (TPSA) is 20.2 Å². The molecule has 3 aliphatic carbocycles. The average molecular weight is 645 g/mol. The van der Waals surface area contributed by atoms with Crippen LogP contribution in [0.4, 0.5) is 0 Å². The van der Waals surface area contributed by atoms with Gasteiger partial charge < -0.3 is 12.5 Å². The Morgan fingerprint density at radius 3 is 1.69 bits per heavy atom. The van der Waals surface area contributed by atoms with Crippen LogP contribution in [0.1, 0.15) is 118 Å². The summed E-state index contributed by atoms with van der Waals surface area (Å²) in [4.78, 5) is 0. The summed E-state index contributed by atoms with van der Waals surface area (Å²) in [5.41, 5.74) is 9.59. The molecule has 2 saturated carbocycles. The summed E-state index contributed by atoms with van der Waals surface area (Å²) in [5.74, 6) is 2.17. The fourth-order valence-corrected chi connectivity index (χ4v) is 7.37. The summed E-state index contributed by atoms with van der Waals surface area (Å²) in [6.45, 7) is 23.2. The number of hydrogen-bond acceptors (Lipinski definition) is 1. The van der Waals surface area contributed by atoms with E-state index in [-0.39, 0.29) is 29.1 Å². The van der Waals surface area contributed by atoms with Gasteiger partial charge in [0.25, 0.3) is 0 Å². The predicted octanol–water partition coefficient (Wildman–Crippen LogP) is 12.3. The molecule has 0 aromatic heterocycles. The monoisotopic (exact) mass is 643 g/mol. The Labute approximate surface area is 274 Å². The Balaban J connectivity index is 0.00000116. The van der Waals surface area contributed by atoms with Crippen LogP contribution in [-0.2, 0) is 27.9 Å². The molecule has 1 N–H and O–H groups in total. The van der Waals surface area contributed by atoms with Crippen molar-refractivity contribution in [3.8, 4) is 16.9 Å². The molecule has 2 unspecified atom stereocenters. The number of rotatable bonds is 2. The molecule has 3 aliphatic rings. The van der Waals surface area contributed by atoms with E-state index < -0.39 is 17.0 Å². The van der Waals surface area contributed by atoms with Crippen LogP contribution in [0.5, 0.6) is 5.75 Å². The molecule has 0 saturated heterocycles. The molecule has 0 radical (unpaired) electrons. The van der Waals surface area contributed by atoms with Gasteiger partial charge in [-0.05, 0) is 99.0 Å². The first kappa shape index (κ1) is 35.5. The van der Waals surface area contributed by atoms with Gasteiger partial charge in [-0.2, -0.15) is 0 Å². The van der Waals surface area contributed by atoms with Gasteiger partial charge in [-0.1, -0.05) is 112 Å². The van der Waals surface area contributed by atoms with Gasteiger partial charge in [-0.15, -0.1) is 0 Å². The molecule has 0 heterocycles. The molecular formula is C38H53Cl2OTi-. The first-order chi connectivity index (χ1) is 18.9. The minimum absolute atomic E-state index is 0. The Kier molecular flexibility index (Phi) is 10.8. The van der Waals surface area contributed by atoms with Crippen LogP contribution in [0, 0.1) is 30.1 Å². The number of allylic oxidation sites excluding steroid dienone is 4. The second kappa shape index (κ2) is 12.8. The van der Waals surface area contributed by atoms with Crippen LogP contribution < -0.4 is 0 Å². The zero-order chi connectivity index (χ0) is 30.5. The summed E-state index contributed by atoms with van der Waals surface area (Å²) >= 11 is -0.556. The third-order valence-corrected chi connectivity index (χ3v) is 10.0. The van der Waals surface area contributed by atoms with Crippen LogP contribution in [0.25, 0.3) is 11.1 Å². The third-order valence-electron chi connectivity index (χ3n) is 10.0. The number of benzene rings is 2. The van der Waals surface area contributed by atoms with E-state index in [1.165, 1.54) is 42.4 Å². The molecule has 1 nitrogen and oxygen atoms in total. The van der Waals surface area contributed by atoms with Gasteiger partial charge in [0.1, 0.15) is 5.75 Å². The van der Waals surface area contributed by atoms with E-state index in [1.54, 1.807) is 11.1 Å². The van der Waals surface area contributed by atoms with E-state index >= 15 is 0 Å². The third kappa shape index (κ3) is 7.12. The molecule has 2 aromatic carbocycles. The van der Waals surface area contributed by atoms with Crippen molar-refractivity contribution < 1.29 is 22.1 Å². The van der Waals surface area contributed by atoms with Crippen molar-refractivity contribution >= 4 is 18.6 Å². The SMILES string of the molecule is CC1(C)CCC(C)(C)C2=CC3CC(c4ccccc4-c4cc(C(C)(C)C)cc(C(C)(C)C)c4O)CC3C=C21.[CH3-].[Cl][Ti][Cl]. The molecule has 230 valence electrons. The first-order valence-electron chi connectivity index (χ1n) is 15.3. The maximum absolute atomic E-state index is 11.7. The van der Waals surface area contributed by atoms with Gasteiger partial charge in [0.2, 0.25) is 0 Å². The van der Waals surface area contributed by atoms with Crippen molar-refractivity contribution in [3.05, 3.63) is 83.8 Å². The quantitative estimate of drug-likeness (QED) is 0.255. The number of halogens is 2. The van der Waals surface area contributed by atoms with Gasteiger partial charge >= 0.3 is 35.6 Å². The summed E-state index contributed by atoms with van der Waals surface area (Å²) in [7, 11) is 9.78. The van der Waals surface area contributed by atoms with Crippen molar-refractivity contribution in [1.29, 1.82) is 0 Å². The zero-order valence-corrected chi connectivity index (χ0v) is 31.0. The number of phenolic OH excluding ortho intramolecular Hbond substituents is 1. The van der Waals surface area contributed by atoms with E-state index in [4.69, 9.17) is 18.6 Å². The molecule has 0 amide bonds. The maximum atomic E-state index is 11.7. The van der Waals surface area contributed by atoms with Crippen LogP contribution in [0.2, 0.25) is 0 Å². The van der Waals surface area contributed by atoms with E-state index in [0.29, 0.717) is 23.5 Å². The molecule has 5 rings (SSSR count). The Morgan fingerprint density at radius 2 is 1.24 bits per heavy atom. The second-order valence-electron chi connectivity index (χ2n) is 16.0. The van der Waals surface area contributed by atoms with Crippen molar-refractivity contribution in [2.24, 2.45) is 22.7 Å². The second-order valence-corrected chi connectivity index (χ2v) is 18.6. The molecule has 4 heteroatoms. The van der Waals surface area contributed by atoms with Gasteiger partial charge in [0.05, 0.1) is 0 Å². The van der Waals surface area contributed by atoms with Gasteiger partial charge in [-0.3, -0.25) is 0 Å². The summed E-state index contributed by atoms with van der Waals surface area (Å²) in [6, 6.07) is 13.4. The molecule has 2 fully saturated rings. The van der Waals surface area contributed by atoms with E-state index in [1.807, 2.05) is 0 Å². The summed E-state index contributed by atoms with van der Waals surface area (Å²) in [5, 5.41) is 11.7. The first-order valence-corrected chi connectivity index (χ1v) is 19.6. The summed E-state index contributed by atoms with van der Waals surface area (Å²) in [6.07, 6.45) is 10.3. The number of phenols is 1. The zero-order valence-electron chi connectivity index (χ0n) is 27.9. The van der Waals surface area contributed by atoms with Gasteiger partial charge in [0, 0.05) is 11.1 Å². The molecule has 0 bridgehead atoms. The Bertz CT molecular complexity index is 1300. The normalized spacial score (nSPS) is 24.1. The van der Waals surface area contributed by atoms with Gasteiger partial charge in [-0.25, -0.2) is 0 Å². The minimum atomic E-state index is -0.556. The van der Waals surface area contributed by atoms with E-state index in [0.717, 1.165) is 11.1 Å².